The second kappa shape index (κ2) is 5.82. The molecule has 1 aliphatic carbocycles. The van der Waals surface area contributed by atoms with E-state index in [1.807, 2.05) is 19.1 Å². The summed E-state index contributed by atoms with van der Waals surface area (Å²) >= 11 is 5.91. The Morgan fingerprint density at radius 1 is 1.24 bits per heavy atom. The Morgan fingerprint density at radius 3 is 2.76 bits per heavy atom. The van der Waals surface area contributed by atoms with Crippen LogP contribution in [0.15, 0.2) is 36.5 Å². The largest absolute Gasteiger partial charge is 0.507 e. The van der Waals surface area contributed by atoms with Gasteiger partial charge in [-0.3, -0.25) is 4.98 Å². The van der Waals surface area contributed by atoms with E-state index in [0.29, 0.717) is 40.5 Å². The molecule has 0 atom stereocenters. The third-order valence-corrected chi connectivity index (χ3v) is 4.70. The van der Waals surface area contributed by atoms with Crippen molar-refractivity contribution in [2.24, 2.45) is 0 Å². The van der Waals surface area contributed by atoms with Crippen molar-refractivity contribution in [1.82, 2.24) is 15.2 Å². The highest BCUT2D eigenvalue weighted by molar-refractivity contribution is 6.30. The molecule has 7 heteroatoms. The van der Waals surface area contributed by atoms with Gasteiger partial charge >= 0.3 is 0 Å². The van der Waals surface area contributed by atoms with Gasteiger partial charge in [-0.05, 0) is 50.1 Å². The number of benzene rings is 1. The minimum absolute atomic E-state index is 0.0442. The van der Waals surface area contributed by atoms with Crippen LogP contribution in [0.2, 0.25) is 5.02 Å². The Labute approximate surface area is 149 Å². The zero-order valence-corrected chi connectivity index (χ0v) is 14.3. The van der Waals surface area contributed by atoms with Gasteiger partial charge in [0.25, 0.3) is 0 Å². The molecule has 25 heavy (non-hydrogen) atoms. The number of aromatic hydroxyl groups is 1. The fraction of sp³-hybridized carbons (Fsp3) is 0.278. The molecule has 2 heterocycles. The van der Waals surface area contributed by atoms with Gasteiger partial charge in [-0.1, -0.05) is 11.6 Å². The number of aromatic nitrogens is 3. The van der Waals surface area contributed by atoms with Gasteiger partial charge in [-0.2, -0.15) is 0 Å². The zero-order valence-electron chi connectivity index (χ0n) is 13.6. The molecule has 1 aliphatic rings. The summed E-state index contributed by atoms with van der Waals surface area (Å²) in [6.45, 7) is 1.82. The number of nitrogens with zero attached hydrogens (tertiary/aromatic N) is 3. The highest BCUT2D eigenvalue weighted by atomic mass is 35.5. The topological polar surface area (TPSA) is 91.2 Å². The lowest BCUT2D eigenvalue weighted by atomic mass is 9.77. The van der Waals surface area contributed by atoms with Crippen LogP contribution in [-0.2, 0) is 0 Å². The van der Waals surface area contributed by atoms with Crippen molar-refractivity contribution in [2.45, 2.75) is 31.4 Å². The number of phenolic OH excluding ortho intramolecular Hbond substituents is 1. The first-order valence-electron chi connectivity index (χ1n) is 8.02. The Kier molecular flexibility index (Phi) is 3.74. The molecule has 0 saturated heterocycles. The average Bonchev–Trinajstić information content (AvgIpc) is 2.54. The van der Waals surface area contributed by atoms with Gasteiger partial charge in [0.05, 0.1) is 5.60 Å². The van der Waals surface area contributed by atoms with Crippen LogP contribution in [0.1, 0.15) is 19.8 Å². The molecule has 0 unspecified atom stereocenters. The van der Waals surface area contributed by atoms with Gasteiger partial charge in [0.2, 0.25) is 0 Å². The van der Waals surface area contributed by atoms with E-state index >= 15 is 0 Å². The Balaban J connectivity index is 1.77. The molecule has 0 spiro atoms. The predicted octanol–water partition coefficient (Wildman–Crippen LogP) is 3.38. The number of phenols is 1. The Bertz CT molecular complexity index is 953. The van der Waals surface area contributed by atoms with Crippen molar-refractivity contribution in [3.63, 3.8) is 0 Å². The van der Waals surface area contributed by atoms with Crippen molar-refractivity contribution >= 4 is 28.3 Å². The van der Waals surface area contributed by atoms with Crippen molar-refractivity contribution < 1.29 is 10.2 Å². The second-order valence-electron chi connectivity index (χ2n) is 6.70. The third kappa shape index (κ3) is 2.99. The number of anilines is 1. The lowest BCUT2D eigenvalue weighted by molar-refractivity contribution is -0.0235. The molecular weight excluding hydrogens is 340 g/mol. The van der Waals surface area contributed by atoms with Crippen LogP contribution in [0.25, 0.3) is 22.2 Å². The molecule has 128 valence electrons. The maximum atomic E-state index is 10.2. The van der Waals surface area contributed by atoms with E-state index < -0.39 is 5.60 Å². The number of hydrogen-bond acceptors (Lipinski definition) is 6. The van der Waals surface area contributed by atoms with Crippen LogP contribution in [0.3, 0.4) is 0 Å². The van der Waals surface area contributed by atoms with E-state index in [2.05, 4.69) is 20.5 Å². The van der Waals surface area contributed by atoms with Gasteiger partial charge in [0.1, 0.15) is 17.0 Å². The summed E-state index contributed by atoms with van der Waals surface area (Å²) < 4.78 is 0. The highest BCUT2D eigenvalue weighted by Gasteiger charge is 2.38. The van der Waals surface area contributed by atoms with Crippen LogP contribution in [0, 0.1) is 0 Å². The standard InChI is InChI=1S/C18H17ClN4O2/c1-18(25)8-11(9-18)21-17-16-13(3-2-6-20-16)15(22-23-17)12-5-4-10(19)7-14(12)24/h2-7,11,24-25H,8-9H2,1H3,(H,21,23). The molecule has 1 aromatic carbocycles. The van der Waals surface area contributed by atoms with E-state index in [4.69, 9.17) is 11.6 Å². The monoisotopic (exact) mass is 356 g/mol. The van der Waals surface area contributed by atoms with Crippen molar-refractivity contribution in [3.05, 3.63) is 41.6 Å². The SMILES string of the molecule is CC1(O)CC(Nc2nnc(-c3ccc(Cl)cc3O)c3cccnc23)C1. The number of hydrogen-bond donors (Lipinski definition) is 3. The average molecular weight is 357 g/mol. The van der Waals surface area contributed by atoms with Crippen LogP contribution >= 0.6 is 11.6 Å². The number of aliphatic hydroxyl groups is 1. The summed E-state index contributed by atoms with van der Waals surface area (Å²) in [6, 6.07) is 8.74. The summed E-state index contributed by atoms with van der Waals surface area (Å²) in [6.07, 6.45) is 3.00. The summed E-state index contributed by atoms with van der Waals surface area (Å²) in [5.74, 6) is 0.621. The summed E-state index contributed by atoms with van der Waals surface area (Å²) in [5.41, 5.74) is 1.15. The van der Waals surface area contributed by atoms with E-state index in [1.165, 1.54) is 6.07 Å². The third-order valence-electron chi connectivity index (χ3n) is 4.47. The van der Waals surface area contributed by atoms with E-state index in [-0.39, 0.29) is 11.8 Å². The molecule has 0 amide bonds. The minimum atomic E-state index is -0.622. The van der Waals surface area contributed by atoms with Crippen LogP contribution in [0.4, 0.5) is 5.82 Å². The van der Waals surface area contributed by atoms with Gasteiger partial charge in [-0.25, -0.2) is 0 Å². The fourth-order valence-corrected chi connectivity index (χ4v) is 3.45. The normalized spacial score (nSPS) is 22.6. The number of nitrogens with one attached hydrogen (secondary N) is 1. The van der Waals surface area contributed by atoms with Gasteiger partial charge in [0.15, 0.2) is 5.82 Å². The molecule has 3 N–H and O–H groups in total. The van der Waals surface area contributed by atoms with Gasteiger partial charge in [-0.15, -0.1) is 10.2 Å². The Hall–Kier alpha value is -2.44. The molecule has 4 rings (SSSR count). The van der Waals surface area contributed by atoms with E-state index in [0.717, 1.165) is 5.39 Å². The number of fused-ring (bicyclic) bond motifs is 1. The van der Waals surface area contributed by atoms with Gasteiger partial charge < -0.3 is 15.5 Å². The van der Waals surface area contributed by atoms with Crippen molar-refractivity contribution in [2.75, 3.05) is 5.32 Å². The molecule has 0 aliphatic heterocycles. The predicted molar refractivity (Wildman–Crippen MR) is 96.7 cm³/mol. The van der Waals surface area contributed by atoms with Crippen LogP contribution in [0.5, 0.6) is 5.75 Å². The quantitative estimate of drug-likeness (QED) is 0.666. The summed E-state index contributed by atoms with van der Waals surface area (Å²) in [7, 11) is 0. The molecular formula is C18H17ClN4O2. The smallest absolute Gasteiger partial charge is 0.175 e. The molecule has 6 nitrogen and oxygen atoms in total. The zero-order chi connectivity index (χ0) is 17.6. The maximum Gasteiger partial charge on any atom is 0.175 e. The minimum Gasteiger partial charge on any atom is -0.507 e. The first kappa shape index (κ1) is 16.1. The highest BCUT2D eigenvalue weighted by Crippen LogP contribution is 2.37. The lowest BCUT2D eigenvalue weighted by Gasteiger charge is -2.41. The van der Waals surface area contributed by atoms with E-state index in [9.17, 15) is 10.2 Å². The number of pyridine rings is 1. The molecule has 1 fully saturated rings. The van der Waals surface area contributed by atoms with Crippen molar-refractivity contribution in [3.8, 4) is 17.0 Å². The van der Waals surface area contributed by atoms with Crippen LogP contribution in [-0.4, -0.2) is 37.0 Å². The lowest BCUT2D eigenvalue weighted by Crippen LogP contribution is -2.48. The van der Waals surface area contributed by atoms with Gasteiger partial charge in [0, 0.05) is 28.2 Å². The molecule has 1 saturated carbocycles. The fourth-order valence-electron chi connectivity index (χ4n) is 3.28. The molecule has 0 radical (unpaired) electrons. The summed E-state index contributed by atoms with van der Waals surface area (Å²) in [4.78, 5) is 4.43. The Morgan fingerprint density at radius 2 is 2.04 bits per heavy atom. The number of rotatable bonds is 3. The first-order chi connectivity index (χ1) is 11.9. The molecule has 3 aromatic rings. The van der Waals surface area contributed by atoms with Crippen molar-refractivity contribution in [1.29, 1.82) is 0 Å². The second-order valence-corrected chi connectivity index (χ2v) is 7.14. The van der Waals surface area contributed by atoms with Crippen LogP contribution < -0.4 is 5.32 Å². The number of halogens is 1. The summed E-state index contributed by atoms with van der Waals surface area (Å²) in [5, 5.41) is 33.2. The molecule has 2 aromatic heterocycles. The molecule has 0 bridgehead atoms. The maximum absolute atomic E-state index is 10.2. The van der Waals surface area contributed by atoms with E-state index in [1.54, 1.807) is 18.3 Å². The first-order valence-corrected chi connectivity index (χ1v) is 8.40.